The topological polar surface area (TPSA) is 89.9 Å². The maximum Gasteiger partial charge on any atom is 0.221 e. The molecule has 72 valence electrons. The smallest absolute Gasteiger partial charge is 0.221 e. The molecule has 0 saturated heterocycles. The summed E-state index contributed by atoms with van der Waals surface area (Å²) in [4.78, 5) is 11.7. The average Bonchev–Trinajstić information content (AvgIpc) is 2.67. The van der Waals surface area contributed by atoms with Crippen LogP contribution in [0, 0.1) is 0 Å². The van der Waals surface area contributed by atoms with Crippen molar-refractivity contribution in [2.75, 3.05) is 11.1 Å². The summed E-state index contributed by atoms with van der Waals surface area (Å²) in [5.74, 6) is 0.913. The normalized spacial score (nSPS) is 10.0. The Balaban J connectivity index is 1.98. The first-order valence-corrected chi connectivity index (χ1v) is 4.04. The molecule has 2 aromatic rings. The van der Waals surface area contributed by atoms with E-state index < -0.39 is 0 Å². The minimum atomic E-state index is 0.246. The molecule has 0 unspecified atom stereocenters. The lowest BCUT2D eigenvalue weighted by atomic mass is 10.4. The Morgan fingerprint density at radius 3 is 3.07 bits per heavy atom. The first-order valence-electron chi connectivity index (χ1n) is 4.04. The minimum Gasteiger partial charge on any atom is -0.451 e. The molecule has 0 atom stereocenters. The number of nitrogen functional groups attached to an aromatic ring is 1. The van der Waals surface area contributed by atoms with Crippen LogP contribution in [0.5, 0.6) is 0 Å². The lowest BCUT2D eigenvalue weighted by molar-refractivity contribution is 0.556. The van der Waals surface area contributed by atoms with Crippen molar-refractivity contribution < 1.29 is 4.42 Å². The summed E-state index contributed by atoms with van der Waals surface area (Å²) >= 11 is 0. The van der Waals surface area contributed by atoms with Gasteiger partial charge in [-0.1, -0.05) is 0 Å². The summed E-state index contributed by atoms with van der Waals surface area (Å²) in [7, 11) is 0. The fourth-order valence-electron chi connectivity index (χ4n) is 0.978. The first kappa shape index (κ1) is 8.49. The quantitative estimate of drug-likeness (QED) is 0.740. The Bertz CT molecular complexity index is 400. The molecule has 6 nitrogen and oxygen atoms in total. The summed E-state index contributed by atoms with van der Waals surface area (Å²) < 4.78 is 4.82. The number of anilines is 2. The second kappa shape index (κ2) is 3.73. The Morgan fingerprint density at radius 2 is 2.36 bits per heavy atom. The third kappa shape index (κ3) is 1.98. The van der Waals surface area contributed by atoms with E-state index >= 15 is 0 Å². The van der Waals surface area contributed by atoms with E-state index in [1.54, 1.807) is 18.5 Å². The van der Waals surface area contributed by atoms with Crippen LogP contribution in [0.15, 0.2) is 29.3 Å². The van der Waals surface area contributed by atoms with E-state index in [-0.39, 0.29) is 5.95 Å². The van der Waals surface area contributed by atoms with Gasteiger partial charge in [0, 0.05) is 6.20 Å². The highest BCUT2D eigenvalue weighted by Gasteiger charge is 1.97. The van der Waals surface area contributed by atoms with Gasteiger partial charge in [0.25, 0.3) is 0 Å². The van der Waals surface area contributed by atoms with Crippen LogP contribution in [-0.2, 0) is 6.54 Å². The van der Waals surface area contributed by atoms with Crippen LogP contribution in [0.25, 0.3) is 0 Å². The lowest BCUT2D eigenvalue weighted by Crippen LogP contribution is -2.03. The molecule has 2 heterocycles. The number of hydrogen-bond acceptors (Lipinski definition) is 6. The fourth-order valence-corrected chi connectivity index (χ4v) is 0.978. The predicted octanol–water partition coefficient (Wildman–Crippen LogP) is 0.659. The maximum atomic E-state index is 5.41. The number of nitrogens with two attached hydrogens (primary N) is 1. The molecule has 0 bridgehead atoms. The number of nitrogens with zero attached hydrogens (tertiary/aromatic N) is 3. The molecule has 0 amide bonds. The van der Waals surface area contributed by atoms with E-state index in [4.69, 9.17) is 10.2 Å². The molecule has 0 saturated carbocycles. The third-order valence-electron chi connectivity index (χ3n) is 1.61. The second-order valence-corrected chi connectivity index (χ2v) is 2.63. The Labute approximate surface area is 80.2 Å². The van der Waals surface area contributed by atoms with Crippen molar-refractivity contribution >= 4 is 11.8 Å². The molecule has 0 fully saturated rings. The van der Waals surface area contributed by atoms with Crippen molar-refractivity contribution in [1.82, 2.24) is 15.0 Å². The van der Waals surface area contributed by atoms with E-state index in [1.807, 2.05) is 0 Å². The zero-order valence-corrected chi connectivity index (χ0v) is 7.34. The molecule has 0 aliphatic carbocycles. The van der Waals surface area contributed by atoms with Crippen LogP contribution in [0.2, 0.25) is 0 Å². The van der Waals surface area contributed by atoms with Crippen molar-refractivity contribution in [3.63, 3.8) is 0 Å². The molecular formula is C8H9N5O. The van der Waals surface area contributed by atoms with Gasteiger partial charge < -0.3 is 15.5 Å². The largest absolute Gasteiger partial charge is 0.451 e. The van der Waals surface area contributed by atoms with Crippen LogP contribution >= 0.6 is 0 Å². The molecule has 0 spiro atoms. The maximum absolute atomic E-state index is 5.41. The zero-order valence-electron chi connectivity index (χ0n) is 7.34. The predicted molar refractivity (Wildman–Crippen MR) is 50.3 cm³/mol. The van der Waals surface area contributed by atoms with Gasteiger partial charge in [-0.25, -0.2) is 9.97 Å². The van der Waals surface area contributed by atoms with Crippen molar-refractivity contribution in [1.29, 1.82) is 0 Å². The Hall–Kier alpha value is -2.11. The molecule has 0 aliphatic heterocycles. The summed E-state index contributed by atoms with van der Waals surface area (Å²) in [5, 5.41) is 3.03. The molecule has 2 rings (SSSR count). The Kier molecular flexibility index (Phi) is 2.26. The number of hydrogen-bond donors (Lipinski definition) is 2. The van der Waals surface area contributed by atoms with Crippen LogP contribution < -0.4 is 11.1 Å². The van der Waals surface area contributed by atoms with Crippen molar-refractivity contribution in [2.24, 2.45) is 0 Å². The molecule has 0 aromatic carbocycles. The number of aromatic nitrogens is 3. The second-order valence-electron chi connectivity index (χ2n) is 2.63. The number of nitrogens with one attached hydrogen (secondary N) is 1. The highest BCUT2D eigenvalue weighted by molar-refractivity contribution is 5.37. The van der Waals surface area contributed by atoms with Gasteiger partial charge in [0.15, 0.2) is 6.39 Å². The van der Waals surface area contributed by atoms with Gasteiger partial charge in [-0.2, -0.15) is 4.98 Å². The molecule has 14 heavy (non-hydrogen) atoms. The van der Waals surface area contributed by atoms with Gasteiger partial charge in [-0.15, -0.1) is 0 Å². The van der Waals surface area contributed by atoms with E-state index in [9.17, 15) is 0 Å². The summed E-state index contributed by atoms with van der Waals surface area (Å²) in [6, 6.07) is 1.73. The molecule has 6 heteroatoms. The molecular weight excluding hydrogens is 182 g/mol. The van der Waals surface area contributed by atoms with E-state index in [0.29, 0.717) is 12.4 Å². The standard InChI is InChI=1S/C8H9N5O/c9-8-10-2-1-7(13-8)11-3-6-4-14-5-12-6/h1-2,4-5H,3H2,(H3,9,10,11,13). The van der Waals surface area contributed by atoms with Gasteiger partial charge in [0.2, 0.25) is 5.95 Å². The van der Waals surface area contributed by atoms with Crippen LogP contribution in [0.1, 0.15) is 5.69 Å². The van der Waals surface area contributed by atoms with Gasteiger partial charge >= 0.3 is 0 Å². The van der Waals surface area contributed by atoms with E-state index in [2.05, 4.69) is 20.3 Å². The van der Waals surface area contributed by atoms with Crippen molar-refractivity contribution in [3.05, 3.63) is 30.6 Å². The monoisotopic (exact) mass is 191 g/mol. The lowest BCUT2D eigenvalue weighted by Gasteiger charge is -2.02. The molecule has 3 N–H and O–H groups in total. The van der Waals surface area contributed by atoms with Crippen LogP contribution in [-0.4, -0.2) is 15.0 Å². The highest BCUT2D eigenvalue weighted by Crippen LogP contribution is 2.04. The van der Waals surface area contributed by atoms with Gasteiger partial charge in [-0.05, 0) is 6.07 Å². The SMILES string of the molecule is Nc1nccc(NCc2cocn2)n1. The molecule has 0 aliphatic rings. The van der Waals surface area contributed by atoms with E-state index in [1.165, 1.54) is 6.39 Å². The third-order valence-corrected chi connectivity index (χ3v) is 1.61. The zero-order chi connectivity index (χ0) is 9.80. The van der Waals surface area contributed by atoms with Gasteiger partial charge in [0.1, 0.15) is 12.1 Å². The fraction of sp³-hybridized carbons (Fsp3) is 0.125. The average molecular weight is 191 g/mol. The minimum absolute atomic E-state index is 0.246. The van der Waals surface area contributed by atoms with Crippen molar-refractivity contribution in [2.45, 2.75) is 6.54 Å². The summed E-state index contributed by atoms with van der Waals surface area (Å²) in [6.45, 7) is 0.549. The van der Waals surface area contributed by atoms with Gasteiger partial charge in [0.05, 0.1) is 12.2 Å². The molecule has 0 radical (unpaired) electrons. The number of rotatable bonds is 3. The highest BCUT2D eigenvalue weighted by atomic mass is 16.3. The van der Waals surface area contributed by atoms with Crippen LogP contribution in [0.4, 0.5) is 11.8 Å². The Morgan fingerprint density at radius 1 is 1.43 bits per heavy atom. The van der Waals surface area contributed by atoms with Gasteiger partial charge in [-0.3, -0.25) is 0 Å². The molecule has 2 aromatic heterocycles. The first-order chi connectivity index (χ1) is 6.84. The van der Waals surface area contributed by atoms with Crippen LogP contribution in [0.3, 0.4) is 0 Å². The number of oxazole rings is 1. The van der Waals surface area contributed by atoms with E-state index in [0.717, 1.165) is 5.69 Å². The summed E-state index contributed by atoms with van der Waals surface area (Å²) in [6.07, 6.45) is 4.54. The summed E-state index contributed by atoms with van der Waals surface area (Å²) in [5.41, 5.74) is 6.22. The van der Waals surface area contributed by atoms with Crippen molar-refractivity contribution in [3.8, 4) is 0 Å².